The van der Waals surface area contributed by atoms with Crippen LogP contribution in [-0.2, 0) is 16.4 Å². The fraction of sp³-hybridized carbons (Fsp3) is 0.643. The molecule has 0 aliphatic carbocycles. The third-order valence-corrected chi connectivity index (χ3v) is 6.35. The maximum atomic E-state index is 12.1. The summed E-state index contributed by atoms with van der Waals surface area (Å²) >= 11 is 0. The van der Waals surface area contributed by atoms with Crippen molar-refractivity contribution in [2.24, 2.45) is 4.99 Å². The highest BCUT2D eigenvalue weighted by atomic mass is 32.2. The summed E-state index contributed by atoms with van der Waals surface area (Å²) < 4.78 is 23.4. The summed E-state index contributed by atoms with van der Waals surface area (Å²) in [5, 5.41) is 3.24. The second kappa shape index (κ2) is 6.20. The van der Waals surface area contributed by atoms with Crippen molar-refractivity contribution in [3.05, 3.63) is 23.8 Å². The number of aryl methyl sites for hydroxylation is 1. The smallest absolute Gasteiger partial charge is 0.194 e. The molecule has 1 aliphatic heterocycles. The molecule has 2 rings (SSSR count). The number of nitrogens with zero attached hydrogens (tertiary/aromatic N) is 4. The van der Waals surface area contributed by atoms with Gasteiger partial charge in [-0.15, -0.1) is 0 Å². The highest BCUT2D eigenvalue weighted by Gasteiger charge is 2.40. The summed E-state index contributed by atoms with van der Waals surface area (Å²) in [6.07, 6.45) is 1.72. The molecule has 22 heavy (non-hydrogen) atoms. The highest BCUT2D eigenvalue weighted by molar-refractivity contribution is 7.92. The summed E-state index contributed by atoms with van der Waals surface area (Å²) in [4.78, 5) is 14.6. The molecule has 0 aromatic carbocycles. The lowest BCUT2D eigenvalue weighted by molar-refractivity contribution is 0.353. The van der Waals surface area contributed by atoms with Crippen LogP contribution >= 0.6 is 0 Å². The molecule has 1 saturated heterocycles. The zero-order valence-corrected chi connectivity index (χ0v) is 14.3. The standard InChI is InChI=1S/C14H23N5O2S/c1-11-16-6-5-12(18-11)9-17-13(15-4)19-7-8-22(20,21)14(2,3)10-19/h5-6H,7-10H2,1-4H3,(H,15,17). The summed E-state index contributed by atoms with van der Waals surface area (Å²) in [5.41, 5.74) is 0.873. The molecule has 0 unspecified atom stereocenters. The van der Waals surface area contributed by atoms with E-state index in [0.717, 1.165) is 11.5 Å². The van der Waals surface area contributed by atoms with Gasteiger partial charge in [0.15, 0.2) is 15.8 Å². The Kier molecular flexibility index (Phi) is 4.69. The molecular formula is C14H23N5O2S. The maximum Gasteiger partial charge on any atom is 0.194 e. The Labute approximate surface area is 131 Å². The van der Waals surface area contributed by atoms with Crippen molar-refractivity contribution in [3.8, 4) is 0 Å². The average Bonchev–Trinajstić information content (AvgIpc) is 2.43. The van der Waals surface area contributed by atoms with E-state index in [9.17, 15) is 8.42 Å². The number of aromatic nitrogens is 2. The molecule has 1 aromatic rings. The van der Waals surface area contributed by atoms with E-state index in [-0.39, 0.29) is 5.75 Å². The summed E-state index contributed by atoms with van der Waals surface area (Å²) in [7, 11) is -1.36. The van der Waals surface area contributed by atoms with Crippen LogP contribution in [0.25, 0.3) is 0 Å². The number of guanidine groups is 1. The van der Waals surface area contributed by atoms with Gasteiger partial charge in [0.05, 0.1) is 22.7 Å². The van der Waals surface area contributed by atoms with Crippen LogP contribution in [0, 0.1) is 6.92 Å². The number of sulfone groups is 1. The summed E-state index contributed by atoms with van der Waals surface area (Å²) in [6.45, 7) is 6.77. The Balaban J connectivity index is 2.04. The molecule has 2 heterocycles. The maximum absolute atomic E-state index is 12.1. The van der Waals surface area contributed by atoms with E-state index in [0.29, 0.717) is 25.6 Å². The topological polar surface area (TPSA) is 87.6 Å². The number of nitrogens with one attached hydrogen (secondary N) is 1. The Morgan fingerprint density at radius 1 is 1.50 bits per heavy atom. The van der Waals surface area contributed by atoms with Crippen molar-refractivity contribution in [1.29, 1.82) is 0 Å². The van der Waals surface area contributed by atoms with E-state index in [4.69, 9.17) is 0 Å². The van der Waals surface area contributed by atoms with Gasteiger partial charge in [-0.1, -0.05) is 0 Å². The minimum absolute atomic E-state index is 0.146. The molecule has 1 fully saturated rings. The van der Waals surface area contributed by atoms with Crippen LogP contribution < -0.4 is 5.32 Å². The first-order chi connectivity index (χ1) is 10.2. The van der Waals surface area contributed by atoms with Gasteiger partial charge in [-0.2, -0.15) is 0 Å². The normalized spacial score (nSPS) is 20.7. The van der Waals surface area contributed by atoms with E-state index in [2.05, 4.69) is 20.3 Å². The number of aliphatic imine (C=N–C) groups is 1. The molecule has 0 radical (unpaired) electrons. The molecule has 1 N–H and O–H groups in total. The van der Waals surface area contributed by atoms with Gasteiger partial charge in [0, 0.05) is 26.3 Å². The van der Waals surface area contributed by atoms with Gasteiger partial charge in [-0.25, -0.2) is 18.4 Å². The second-order valence-corrected chi connectivity index (χ2v) is 8.74. The average molecular weight is 325 g/mol. The van der Waals surface area contributed by atoms with Crippen LogP contribution in [-0.4, -0.2) is 59.9 Å². The van der Waals surface area contributed by atoms with Gasteiger partial charge >= 0.3 is 0 Å². The van der Waals surface area contributed by atoms with E-state index < -0.39 is 14.6 Å². The highest BCUT2D eigenvalue weighted by Crippen LogP contribution is 2.23. The van der Waals surface area contributed by atoms with E-state index in [1.165, 1.54) is 0 Å². The molecule has 7 nitrogen and oxygen atoms in total. The zero-order chi connectivity index (χ0) is 16.4. The van der Waals surface area contributed by atoms with E-state index in [1.54, 1.807) is 27.1 Å². The first-order valence-corrected chi connectivity index (χ1v) is 8.87. The van der Waals surface area contributed by atoms with Crippen molar-refractivity contribution >= 4 is 15.8 Å². The van der Waals surface area contributed by atoms with Crippen molar-refractivity contribution < 1.29 is 8.42 Å². The number of rotatable bonds is 2. The fourth-order valence-corrected chi connectivity index (χ4v) is 3.80. The summed E-state index contributed by atoms with van der Waals surface area (Å²) in [5.74, 6) is 1.56. The van der Waals surface area contributed by atoms with Crippen LogP contribution in [0.5, 0.6) is 0 Å². The van der Waals surface area contributed by atoms with Crippen LogP contribution in [0.4, 0.5) is 0 Å². The van der Waals surface area contributed by atoms with Gasteiger partial charge in [0.2, 0.25) is 0 Å². The van der Waals surface area contributed by atoms with Gasteiger partial charge in [0.1, 0.15) is 5.82 Å². The third-order valence-electron chi connectivity index (χ3n) is 3.82. The number of hydrogen-bond donors (Lipinski definition) is 1. The first-order valence-electron chi connectivity index (χ1n) is 7.21. The molecule has 122 valence electrons. The Bertz CT molecular complexity index is 670. The van der Waals surface area contributed by atoms with Gasteiger partial charge < -0.3 is 10.2 Å². The van der Waals surface area contributed by atoms with E-state index >= 15 is 0 Å². The van der Waals surface area contributed by atoms with Gasteiger partial charge in [-0.05, 0) is 26.8 Å². The molecule has 0 bridgehead atoms. The second-order valence-electron chi connectivity index (χ2n) is 6.00. The van der Waals surface area contributed by atoms with Crippen molar-refractivity contribution in [3.63, 3.8) is 0 Å². The molecule has 1 aliphatic rings. The van der Waals surface area contributed by atoms with Crippen molar-refractivity contribution in [2.75, 3.05) is 25.9 Å². The molecule has 0 spiro atoms. The van der Waals surface area contributed by atoms with Crippen molar-refractivity contribution in [1.82, 2.24) is 20.2 Å². The third kappa shape index (κ3) is 3.55. The van der Waals surface area contributed by atoms with Crippen LogP contribution in [0.1, 0.15) is 25.4 Å². The SMILES string of the molecule is CN=C(NCc1ccnc(C)n1)N1CCS(=O)(=O)C(C)(C)C1. The number of hydrogen-bond acceptors (Lipinski definition) is 5. The van der Waals surface area contributed by atoms with Crippen molar-refractivity contribution in [2.45, 2.75) is 32.1 Å². The predicted molar refractivity (Wildman–Crippen MR) is 86.4 cm³/mol. The Hall–Kier alpha value is -1.70. The quantitative estimate of drug-likeness (QED) is 0.624. The molecule has 0 amide bonds. The molecular weight excluding hydrogens is 302 g/mol. The minimum Gasteiger partial charge on any atom is -0.351 e. The predicted octanol–water partition coefficient (Wildman–Crippen LogP) is 0.369. The van der Waals surface area contributed by atoms with Gasteiger partial charge in [0.25, 0.3) is 0 Å². The fourth-order valence-electron chi connectivity index (χ4n) is 2.43. The van der Waals surface area contributed by atoms with Gasteiger partial charge in [-0.3, -0.25) is 4.99 Å². The van der Waals surface area contributed by atoms with Crippen LogP contribution in [0.3, 0.4) is 0 Å². The molecule has 8 heteroatoms. The lowest BCUT2D eigenvalue weighted by Crippen LogP contribution is -2.57. The zero-order valence-electron chi connectivity index (χ0n) is 13.5. The minimum atomic E-state index is -3.05. The first kappa shape index (κ1) is 16.7. The Morgan fingerprint density at radius 2 is 2.23 bits per heavy atom. The van der Waals surface area contributed by atoms with E-state index in [1.807, 2.05) is 17.9 Å². The van der Waals surface area contributed by atoms with Crippen LogP contribution in [0.15, 0.2) is 17.3 Å². The molecule has 0 saturated carbocycles. The lowest BCUT2D eigenvalue weighted by Gasteiger charge is -2.39. The molecule has 1 aromatic heterocycles. The summed E-state index contributed by atoms with van der Waals surface area (Å²) in [6, 6.07) is 1.85. The van der Waals surface area contributed by atoms with Crippen LogP contribution in [0.2, 0.25) is 0 Å². The monoisotopic (exact) mass is 325 g/mol. The lowest BCUT2D eigenvalue weighted by atomic mass is 10.2. The molecule has 0 atom stereocenters. The largest absolute Gasteiger partial charge is 0.351 e. The Morgan fingerprint density at radius 3 is 2.82 bits per heavy atom.